The van der Waals surface area contributed by atoms with Crippen molar-refractivity contribution in [3.05, 3.63) is 0 Å². The van der Waals surface area contributed by atoms with E-state index in [0.717, 1.165) is 35.5 Å². The van der Waals surface area contributed by atoms with Crippen molar-refractivity contribution in [3.8, 4) is 0 Å². The average Bonchev–Trinajstić information content (AvgIpc) is 2.48. The van der Waals surface area contributed by atoms with Gasteiger partial charge in [0.1, 0.15) is 0 Å². The van der Waals surface area contributed by atoms with Crippen LogP contribution < -0.4 is 0 Å². The molecular formula is C19H34. The first-order valence-corrected chi connectivity index (χ1v) is 9.27. The zero-order chi connectivity index (χ0) is 13.2. The fourth-order valence-corrected chi connectivity index (χ4v) is 6.03. The van der Waals surface area contributed by atoms with Gasteiger partial charge >= 0.3 is 0 Å². The van der Waals surface area contributed by atoms with Crippen molar-refractivity contribution < 1.29 is 0 Å². The SMILES string of the molecule is CC(C1CCCCC1)C1CCC2CCCCC2C1C. The van der Waals surface area contributed by atoms with Crippen molar-refractivity contribution in [1.29, 1.82) is 0 Å². The Morgan fingerprint density at radius 1 is 0.737 bits per heavy atom. The van der Waals surface area contributed by atoms with Crippen LogP contribution in [0.4, 0.5) is 0 Å². The van der Waals surface area contributed by atoms with E-state index < -0.39 is 0 Å². The summed E-state index contributed by atoms with van der Waals surface area (Å²) in [4.78, 5) is 0. The van der Waals surface area contributed by atoms with Gasteiger partial charge < -0.3 is 0 Å². The molecule has 0 bridgehead atoms. The third kappa shape index (κ3) is 2.88. The minimum atomic E-state index is 1.01. The lowest BCUT2D eigenvalue weighted by Gasteiger charge is -2.48. The molecule has 3 fully saturated rings. The highest BCUT2D eigenvalue weighted by atomic mass is 14.5. The van der Waals surface area contributed by atoms with Crippen molar-refractivity contribution in [2.75, 3.05) is 0 Å². The maximum absolute atomic E-state index is 2.62. The van der Waals surface area contributed by atoms with Crippen LogP contribution in [0.15, 0.2) is 0 Å². The molecule has 0 saturated heterocycles. The van der Waals surface area contributed by atoms with Gasteiger partial charge in [0.25, 0.3) is 0 Å². The topological polar surface area (TPSA) is 0 Å². The van der Waals surface area contributed by atoms with Crippen LogP contribution in [0.25, 0.3) is 0 Å². The van der Waals surface area contributed by atoms with Crippen LogP contribution in [0.1, 0.15) is 84.5 Å². The van der Waals surface area contributed by atoms with Crippen molar-refractivity contribution in [2.45, 2.75) is 84.5 Å². The fraction of sp³-hybridized carbons (Fsp3) is 1.00. The number of rotatable bonds is 2. The highest BCUT2D eigenvalue weighted by molar-refractivity contribution is 4.91. The van der Waals surface area contributed by atoms with E-state index in [4.69, 9.17) is 0 Å². The van der Waals surface area contributed by atoms with Gasteiger partial charge in [-0.3, -0.25) is 0 Å². The van der Waals surface area contributed by atoms with Gasteiger partial charge in [-0.2, -0.15) is 0 Å². The molecule has 0 amide bonds. The van der Waals surface area contributed by atoms with Crippen LogP contribution in [0, 0.1) is 35.5 Å². The maximum Gasteiger partial charge on any atom is -0.0357 e. The third-order valence-electron chi connectivity index (χ3n) is 7.26. The van der Waals surface area contributed by atoms with Gasteiger partial charge in [-0.1, -0.05) is 65.2 Å². The molecular weight excluding hydrogens is 228 g/mol. The second-order valence-electron chi connectivity index (χ2n) is 8.07. The van der Waals surface area contributed by atoms with Crippen LogP contribution in [0.5, 0.6) is 0 Å². The standard InChI is InChI=1S/C19H34/c1-14(16-8-4-3-5-9-16)18-13-12-17-10-6-7-11-19(17)15(18)2/h14-19H,3-13H2,1-2H3. The highest BCUT2D eigenvalue weighted by Gasteiger charge is 2.41. The molecule has 0 heterocycles. The normalized spacial score (nSPS) is 42.6. The zero-order valence-electron chi connectivity index (χ0n) is 13.2. The zero-order valence-corrected chi connectivity index (χ0v) is 13.2. The van der Waals surface area contributed by atoms with Crippen molar-refractivity contribution in [2.24, 2.45) is 35.5 Å². The summed E-state index contributed by atoms with van der Waals surface area (Å²) in [6.07, 6.45) is 16.9. The van der Waals surface area contributed by atoms with E-state index in [-0.39, 0.29) is 0 Å². The Balaban J connectivity index is 1.63. The lowest BCUT2D eigenvalue weighted by atomic mass is 9.57. The Hall–Kier alpha value is 0. The highest BCUT2D eigenvalue weighted by Crippen LogP contribution is 2.50. The summed E-state index contributed by atoms with van der Waals surface area (Å²) < 4.78 is 0. The Kier molecular flexibility index (Phi) is 4.54. The van der Waals surface area contributed by atoms with Gasteiger partial charge in [-0.15, -0.1) is 0 Å². The molecule has 0 aliphatic heterocycles. The molecule has 19 heavy (non-hydrogen) atoms. The second kappa shape index (κ2) is 6.19. The molecule has 0 radical (unpaired) electrons. The summed E-state index contributed by atoms with van der Waals surface area (Å²) in [5, 5.41) is 0. The van der Waals surface area contributed by atoms with E-state index in [1.807, 2.05) is 0 Å². The Labute approximate surface area is 120 Å². The van der Waals surface area contributed by atoms with Crippen molar-refractivity contribution >= 4 is 0 Å². The summed E-state index contributed by atoms with van der Waals surface area (Å²) in [6.45, 7) is 5.23. The monoisotopic (exact) mass is 262 g/mol. The third-order valence-corrected chi connectivity index (χ3v) is 7.26. The molecule has 0 spiro atoms. The first-order valence-electron chi connectivity index (χ1n) is 9.27. The Morgan fingerprint density at radius 2 is 1.42 bits per heavy atom. The molecule has 0 aromatic rings. The molecule has 0 heteroatoms. The van der Waals surface area contributed by atoms with E-state index >= 15 is 0 Å². The van der Waals surface area contributed by atoms with E-state index in [9.17, 15) is 0 Å². The van der Waals surface area contributed by atoms with Gasteiger partial charge in [0.15, 0.2) is 0 Å². The maximum atomic E-state index is 2.62. The van der Waals surface area contributed by atoms with Gasteiger partial charge in [0.2, 0.25) is 0 Å². The molecule has 3 aliphatic rings. The molecule has 0 nitrogen and oxygen atoms in total. The van der Waals surface area contributed by atoms with E-state index in [1.165, 1.54) is 32.1 Å². The van der Waals surface area contributed by atoms with E-state index in [1.54, 1.807) is 38.5 Å². The Morgan fingerprint density at radius 3 is 2.21 bits per heavy atom. The van der Waals surface area contributed by atoms with E-state index in [0.29, 0.717) is 0 Å². The molecule has 3 aliphatic carbocycles. The van der Waals surface area contributed by atoms with Crippen molar-refractivity contribution in [3.63, 3.8) is 0 Å². The molecule has 5 unspecified atom stereocenters. The van der Waals surface area contributed by atoms with Gasteiger partial charge in [0, 0.05) is 0 Å². The van der Waals surface area contributed by atoms with Crippen molar-refractivity contribution in [1.82, 2.24) is 0 Å². The summed E-state index contributed by atoms with van der Waals surface area (Å²) in [5.74, 6) is 6.37. The summed E-state index contributed by atoms with van der Waals surface area (Å²) >= 11 is 0. The largest absolute Gasteiger partial charge is 0.0620 e. The smallest absolute Gasteiger partial charge is 0.0357 e. The molecule has 0 aromatic heterocycles. The Bertz CT molecular complexity index is 272. The van der Waals surface area contributed by atoms with Gasteiger partial charge in [-0.25, -0.2) is 0 Å². The number of fused-ring (bicyclic) bond motifs is 1. The minimum absolute atomic E-state index is 1.01. The molecule has 0 N–H and O–H groups in total. The van der Waals surface area contributed by atoms with Crippen LogP contribution in [0.2, 0.25) is 0 Å². The van der Waals surface area contributed by atoms with Gasteiger partial charge in [0.05, 0.1) is 0 Å². The van der Waals surface area contributed by atoms with Crippen LogP contribution in [-0.2, 0) is 0 Å². The molecule has 3 rings (SSSR count). The summed E-state index contributed by atoms with van der Waals surface area (Å²) in [7, 11) is 0. The number of hydrogen-bond acceptors (Lipinski definition) is 0. The van der Waals surface area contributed by atoms with Crippen LogP contribution in [0.3, 0.4) is 0 Å². The average molecular weight is 262 g/mol. The minimum Gasteiger partial charge on any atom is -0.0620 e. The van der Waals surface area contributed by atoms with Crippen LogP contribution in [-0.4, -0.2) is 0 Å². The lowest BCUT2D eigenvalue weighted by molar-refractivity contribution is 0.0191. The fourth-order valence-electron chi connectivity index (χ4n) is 6.03. The lowest BCUT2D eigenvalue weighted by Crippen LogP contribution is -2.39. The van der Waals surface area contributed by atoms with Crippen LogP contribution >= 0.6 is 0 Å². The molecule has 0 aromatic carbocycles. The summed E-state index contributed by atoms with van der Waals surface area (Å²) in [5.41, 5.74) is 0. The predicted octanol–water partition coefficient (Wildman–Crippen LogP) is 6.06. The molecule has 5 atom stereocenters. The quantitative estimate of drug-likeness (QED) is 0.568. The van der Waals surface area contributed by atoms with E-state index in [2.05, 4.69) is 13.8 Å². The first kappa shape index (κ1) is 14.0. The second-order valence-corrected chi connectivity index (χ2v) is 8.07. The molecule has 110 valence electrons. The predicted molar refractivity (Wildman–Crippen MR) is 83.1 cm³/mol. The molecule has 3 saturated carbocycles. The van der Waals surface area contributed by atoms with Gasteiger partial charge in [-0.05, 0) is 54.8 Å². The number of hydrogen-bond donors (Lipinski definition) is 0. The first-order chi connectivity index (χ1) is 9.27. The summed E-state index contributed by atoms with van der Waals surface area (Å²) in [6, 6.07) is 0.